The van der Waals surface area contributed by atoms with Gasteiger partial charge in [-0.25, -0.2) is 9.59 Å². The SMILES string of the molecule is CCC1(c2cccc(OC(=O)NCCCC(=O)NC(C(=O)O)C(C)C)c2)CCCCN(C)C1. The monoisotopic (exact) mass is 461 g/mol. The third-order valence-electron chi connectivity index (χ3n) is 6.45. The van der Waals surface area contributed by atoms with Crippen LogP contribution in [0.5, 0.6) is 5.75 Å². The maximum atomic E-state index is 12.2. The van der Waals surface area contributed by atoms with Crippen molar-refractivity contribution in [2.75, 3.05) is 26.7 Å². The summed E-state index contributed by atoms with van der Waals surface area (Å²) in [5.41, 5.74) is 1.25. The second-order valence-electron chi connectivity index (χ2n) is 9.40. The fourth-order valence-corrected chi connectivity index (χ4v) is 4.48. The Morgan fingerprint density at radius 1 is 1.24 bits per heavy atom. The highest BCUT2D eigenvalue weighted by molar-refractivity contribution is 5.83. The average molecular weight is 462 g/mol. The summed E-state index contributed by atoms with van der Waals surface area (Å²) in [7, 11) is 2.16. The van der Waals surface area contributed by atoms with Crippen molar-refractivity contribution in [2.45, 2.75) is 70.8 Å². The number of hydrogen-bond acceptors (Lipinski definition) is 5. The number of carbonyl (C=O) groups excluding carboxylic acids is 2. The van der Waals surface area contributed by atoms with Gasteiger partial charge in [0.05, 0.1) is 0 Å². The minimum Gasteiger partial charge on any atom is -0.480 e. The van der Waals surface area contributed by atoms with E-state index in [4.69, 9.17) is 9.84 Å². The van der Waals surface area contributed by atoms with Gasteiger partial charge in [0.25, 0.3) is 0 Å². The van der Waals surface area contributed by atoms with Gasteiger partial charge in [-0.2, -0.15) is 0 Å². The summed E-state index contributed by atoms with van der Waals surface area (Å²) in [5.74, 6) is -1.11. The molecule has 2 rings (SSSR count). The van der Waals surface area contributed by atoms with E-state index in [0.717, 1.165) is 25.9 Å². The van der Waals surface area contributed by atoms with Crippen molar-refractivity contribution in [1.82, 2.24) is 15.5 Å². The molecule has 1 fully saturated rings. The van der Waals surface area contributed by atoms with Crippen LogP contribution in [0.25, 0.3) is 0 Å². The van der Waals surface area contributed by atoms with Crippen molar-refractivity contribution >= 4 is 18.0 Å². The number of ether oxygens (including phenoxy) is 1. The molecule has 0 aliphatic carbocycles. The quantitative estimate of drug-likeness (QED) is 0.460. The fourth-order valence-electron chi connectivity index (χ4n) is 4.48. The van der Waals surface area contributed by atoms with Crippen LogP contribution in [0.2, 0.25) is 0 Å². The number of carbonyl (C=O) groups is 3. The van der Waals surface area contributed by atoms with Gasteiger partial charge in [-0.05, 0) is 62.9 Å². The highest BCUT2D eigenvalue weighted by Crippen LogP contribution is 2.37. The molecule has 0 bridgehead atoms. The maximum absolute atomic E-state index is 12.2. The van der Waals surface area contributed by atoms with Crippen molar-refractivity contribution in [1.29, 1.82) is 0 Å². The molecule has 0 radical (unpaired) electrons. The lowest BCUT2D eigenvalue weighted by molar-refractivity contribution is -0.143. The Kier molecular flexibility index (Phi) is 10.2. The van der Waals surface area contributed by atoms with Gasteiger partial charge in [0.2, 0.25) is 5.91 Å². The van der Waals surface area contributed by atoms with Gasteiger partial charge in [0, 0.05) is 24.9 Å². The number of rotatable bonds is 10. The van der Waals surface area contributed by atoms with Crippen LogP contribution in [-0.2, 0) is 15.0 Å². The van der Waals surface area contributed by atoms with Gasteiger partial charge in [-0.3, -0.25) is 4.79 Å². The lowest BCUT2D eigenvalue weighted by Crippen LogP contribution is -2.44. The number of carboxylic acid groups (broad SMARTS) is 1. The predicted molar refractivity (Wildman–Crippen MR) is 127 cm³/mol. The summed E-state index contributed by atoms with van der Waals surface area (Å²) < 4.78 is 5.49. The molecule has 0 spiro atoms. The molecular weight excluding hydrogens is 422 g/mol. The number of likely N-dealkylation sites (tertiary alicyclic amines) is 1. The fraction of sp³-hybridized carbons (Fsp3) is 0.640. The molecule has 1 saturated heterocycles. The van der Waals surface area contributed by atoms with Gasteiger partial charge in [-0.15, -0.1) is 0 Å². The molecule has 1 heterocycles. The van der Waals surface area contributed by atoms with Crippen LogP contribution in [0.15, 0.2) is 24.3 Å². The topological polar surface area (TPSA) is 108 Å². The van der Waals surface area contributed by atoms with Crippen LogP contribution in [0.1, 0.15) is 64.9 Å². The van der Waals surface area contributed by atoms with Crippen LogP contribution in [0.3, 0.4) is 0 Å². The van der Waals surface area contributed by atoms with Crippen LogP contribution in [0, 0.1) is 5.92 Å². The minimum atomic E-state index is -1.05. The van der Waals surface area contributed by atoms with Crippen LogP contribution in [0.4, 0.5) is 4.79 Å². The molecule has 3 N–H and O–H groups in total. The molecule has 33 heavy (non-hydrogen) atoms. The van der Waals surface area contributed by atoms with Crippen molar-refractivity contribution in [3.05, 3.63) is 29.8 Å². The molecular formula is C25H39N3O5. The van der Waals surface area contributed by atoms with E-state index in [0.29, 0.717) is 12.2 Å². The molecule has 0 saturated carbocycles. The highest BCUT2D eigenvalue weighted by Gasteiger charge is 2.33. The number of amides is 2. The van der Waals surface area contributed by atoms with Gasteiger partial charge < -0.3 is 25.4 Å². The van der Waals surface area contributed by atoms with Crippen molar-refractivity contribution < 1.29 is 24.2 Å². The van der Waals surface area contributed by atoms with Crippen molar-refractivity contribution in [3.63, 3.8) is 0 Å². The van der Waals surface area contributed by atoms with E-state index in [1.54, 1.807) is 19.9 Å². The summed E-state index contributed by atoms with van der Waals surface area (Å²) in [6.45, 7) is 8.04. The van der Waals surface area contributed by atoms with Crippen molar-refractivity contribution in [2.24, 2.45) is 5.92 Å². The first-order valence-electron chi connectivity index (χ1n) is 11.9. The standard InChI is InChI=1S/C25H39N3O5/c1-5-25(13-6-7-15-28(4)17-25)19-10-8-11-20(16-19)33-24(32)26-14-9-12-21(29)27-22(18(2)3)23(30)31/h8,10-11,16,18,22H,5-7,9,12-15,17H2,1-4H3,(H,26,32)(H,27,29)(H,30,31). The number of carboxylic acids is 1. The number of likely N-dealkylation sites (N-methyl/N-ethyl adjacent to an activating group) is 1. The van der Waals surface area contributed by atoms with E-state index in [2.05, 4.69) is 35.6 Å². The van der Waals surface area contributed by atoms with Crippen molar-refractivity contribution in [3.8, 4) is 5.75 Å². The van der Waals surface area contributed by atoms with E-state index in [-0.39, 0.29) is 30.2 Å². The zero-order chi connectivity index (χ0) is 24.4. The minimum absolute atomic E-state index is 0.0538. The first-order valence-corrected chi connectivity index (χ1v) is 11.9. The average Bonchev–Trinajstić information content (AvgIpc) is 2.96. The molecule has 1 aromatic carbocycles. The summed E-state index contributed by atoms with van der Waals surface area (Å²) >= 11 is 0. The van der Waals surface area contributed by atoms with E-state index in [9.17, 15) is 14.4 Å². The molecule has 8 heteroatoms. The zero-order valence-electron chi connectivity index (χ0n) is 20.4. The molecule has 184 valence electrons. The molecule has 2 unspecified atom stereocenters. The second kappa shape index (κ2) is 12.6. The Morgan fingerprint density at radius 2 is 2.00 bits per heavy atom. The van der Waals surface area contributed by atoms with Crippen LogP contribution < -0.4 is 15.4 Å². The normalized spacial score (nSPS) is 20.0. The number of hydrogen-bond donors (Lipinski definition) is 3. The molecule has 1 aromatic rings. The Morgan fingerprint density at radius 3 is 2.67 bits per heavy atom. The Bertz CT molecular complexity index is 813. The molecule has 1 aliphatic rings. The number of benzene rings is 1. The van der Waals surface area contributed by atoms with Gasteiger partial charge in [0.15, 0.2) is 0 Å². The lowest BCUT2D eigenvalue weighted by Gasteiger charge is -2.35. The smallest absolute Gasteiger partial charge is 0.412 e. The van der Waals surface area contributed by atoms with Gasteiger partial charge in [-0.1, -0.05) is 39.3 Å². The highest BCUT2D eigenvalue weighted by atomic mass is 16.6. The maximum Gasteiger partial charge on any atom is 0.412 e. The van der Waals surface area contributed by atoms with Gasteiger partial charge in [0.1, 0.15) is 11.8 Å². The molecule has 1 aliphatic heterocycles. The third kappa shape index (κ3) is 8.03. The van der Waals surface area contributed by atoms with E-state index >= 15 is 0 Å². The third-order valence-corrected chi connectivity index (χ3v) is 6.45. The second-order valence-corrected chi connectivity index (χ2v) is 9.40. The Hall–Kier alpha value is -2.61. The molecule has 2 atom stereocenters. The Labute approximate surface area is 197 Å². The molecule has 0 aromatic heterocycles. The molecule has 8 nitrogen and oxygen atoms in total. The first kappa shape index (κ1) is 26.6. The Balaban J connectivity index is 1.85. The first-order chi connectivity index (χ1) is 15.7. The zero-order valence-corrected chi connectivity index (χ0v) is 20.4. The number of aliphatic carboxylic acids is 1. The lowest BCUT2D eigenvalue weighted by atomic mass is 9.74. The van der Waals surface area contributed by atoms with E-state index < -0.39 is 18.1 Å². The molecule has 2 amide bonds. The number of nitrogens with one attached hydrogen (secondary N) is 2. The number of nitrogens with zero attached hydrogens (tertiary/aromatic N) is 1. The van der Waals surface area contributed by atoms with E-state index in [1.807, 2.05) is 12.1 Å². The van der Waals surface area contributed by atoms with Crippen LogP contribution in [-0.4, -0.2) is 60.7 Å². The van der Waals surface area contributed by atoms with E-state index in [1.165, 1.54) is 18.4 Å². The largest absolute Gasteiger partial charge is 0.480 e. The van der Waals surface area contributed by atoms with Gasteiger partial charge >= 0.3 is 12.1 Å². The predicted octanol–water partition coefficient (Wildman–Crippen LogP) is 3.54. The summed E-state index contributed by atoms with van der Waals surface area (Å²) in [4.78, 5) is 37.8. The summed E-state index contributed by atoms with van der Waals surface area (Å²) in [5, 5.41) is 14.3. The summed E-state index contributed by atoms with van der Waals surface area (Å²) in [6, 6.07) is 6.87. The summed E-state index contributed by atoms with van der Waals surface area (Å²) in [6.07, 6.45) is 4.46. The van der Waals surface area contributed by atoms with Crippen LogP contribution >= 0.6 is 0 Å².